The summed E-state index contributed by atoms with van der Waals surface area (Å²) < 4.78 is 0. The van der Waals surface area contributed by atoms with Crippen molar-refractivity contribution in [1.29, 1.82) is 0 Å². The number of nitrogens with zero attached hydrogens (tertiary/aromatic N) is 3. The molecule has 1 aliphatic carbocycles. The topological polar surface area (TPSA) is 44.9 Å². The molecule has 78 valence electrons. The molecule has 3 rings (SSSR count). The Kier molecular flexibility index (Phi) is 1.60. The molecule has 1 unspecified atom stereocenters. The fourth-order valence-electron chi connectivity index (χ4n) is 2.73. The van der Waals surface area contributed by atoms with Gasteiger partial charge >= 0.3 is 0 Å². The molecule has 1 spiro atoms. The van der Waals surface area contributed by atoms with E-state index in [-0.39, 0.29) is 5.54 Å². The zero-order valence-corrected chi connectivity index (χ0v) is 8.74. The number of hydrogen-bond acceptors (Lipinski definition) is 4. The molecular formula is C10H18N4. The van der Waals surface area contributed by atoms with Gasteiger partial charge in [0.2, 0.25) is 0 Å². The lowest BCUT2D eigenvalue weighted by Gasteiger charge is -2.32. The molecule has 2 heterocycles. The van der Waals surface area contributed by atoms with E-state index < -0.39 is 0 Å². The molecule has 14 heavy (non-hydrogen) atoms. The summed E-state index contributed by atoms with van der Waals surface area (Å²) >= 11 is 0. The Labute approximate surface area is 84.8 Å². The van der Waals surface area contributed by atoms with Crippen LogP contribution >= 0.6 is 0 Å². The monoisotopic (exact) mass is 194 g/mol. The van der Waals surface area contributed by atoms with E-state index in [2.05, 4.69) is 21.8 Å². The molecule has 1 atom stereocenters. The van der Waals surface area contributed by atoms with Crippen LogP contribution in [0.3, 0.4) is 0 Å². The van der Waals surface area contributed by atoms with Crippen LogP contribution in [0.25, 0.3) is 0 Å². The van der Waals surface area contributed by atoms with Crippen molar-refractivity contribution in [1.82, 2.24) is 9.80 Å². The second-order valence-electron chi connectivity index (χ2n) is 4.91. The van der Waals surface area contributed by atoms with E-state index in [9.17, 15) is 0 Å². The normalized spacial score (nSPS) is 38.4. The number of guanidine groups is 1. The summed E-state index contributed by atoms with van der Waals surface area (Å²) in [5.41, 5.74) is 6.07. The molecule has 0 aromatic heterocycles. The maximum Gasteiger partial charge on any atom is 0.191 e. The van der Waals surface area contributed by atoms with Gasteiger partial charge in [0.1, 0.15) is 0 Å². The summed E-state index contributed by atoms with van der Waals surface area (Å²) in [6.07, 6.45) is 4.02. The Hall–Kier alpha value is -0.770. The summed E-state index contributed by atoms with van der Waals surface area (Å²) in [6, 6.07) is 0.879. The van der Waals surface area contributed by atoms with Crippen LogP contribution in [0.1, 0.15) is 19.3 Å². The third-order valence-electron chi connectivity index (χ3n) is 4.02. The highest BCUT2D eigenvalue weighted by atomic mass is 15.4. The van der Waals surface area contributed by atoms with E-state index in [0.717, 1.165) is 18.5 Å². The molecule has 0 amide bonds. The van der Waals surface area contributed by atoms with E-state index in [0.29, 0.717) is 0 Å². The molecule has 0 aromatic carbocycles. The zero-order chi connectivity index (χ0) is 9.76. The molecule has 2 aliphatic heterocycles. The minimum absolute atomic E-state index is 0.243. The van der Waals surface area contributed by atoms with Gasteiger partial charge in [-0.1, -0.05) is 0 Å². The minimum atomic E-state index is 0.243. The smallest absolute Gasteiger partial charge is 0.191 e. The van der Waals surface area contributed by atoms with Crippen LogP contribution in [-0.4, -0.2) is 54.0 Å². The minimum Gasteiger partial charge on any atom is -0.370 e. The Balaban J connectivity index is 1.74. The van der Waals surface area contributed by atoms with Crippen molar-refractivity contribution in [3.63, 3.8) is 0 Å². The zero-order valence-electron chi connectivity index (χ0n) is 8.74. The Morgan fingerprint density at radius 2 is 2.29 bits per heavy atom. The highest BCUT2D eigenvalue weighted by molar-refractivity contribution is 5.80. The molecule has 2 N–H and O–H groups in total. The maximum atomic E-state index is 5.83. The first kappa shape index (κ1) is 8.53. The molecule has 2 fully saturated rings. The van der Waals surface area contributed by atoms with Crippen LogP contribution < -0.4 is 5.73 Å². The Bertz CT molecular complexity index is 284. The van der Waals surface area contributed by atoms with Gasteiger partial charge in [0.05, 0.1) is 12.1 Å². The van der Waals surface area contributed by atoms with Gasteiger partial charge in [-0.15, -0.1) is 0 Å². The standard InChI is InChI=1S/C10H18N4/c1-13-9(11)12-6-10(13)4-5-14(7-10)8-2-3-8/h8H,2-7H2,1H3,(H2,11,12). The van der Waals surface area contributed by atoms with Gasteiger partial charge < -0.3 is 10.6 Å². The van der Waals surface area contributed by atoms with Crippen LogP contribution in [-0.2, 0) is 0 Å². The predicted molar refractivity (Wildman–Crippen MR) is 56.2 cm³/mol. The van der Waals surface area contributed by atoms with Gasteiger partial charge in [-0.3, -0.25) is 9.89 Å². The maximum absolute atomic E-state index is 5.83. The number of aliphatic imine (C=N–C) groups is 1. The van der Waals surface area contributed by atoms with Crippen LogP contribution in [0.4, 0.5) is 0 Å². The quantitative estimate of drug-likeness (QED) is 0.631. The summed E-state index contributed by atoms with van der Waals surface area (Å²) in [4.78, 5) is 9.17. The molecule has 4 nitrogen and oxygen atoms in total. The molecule has 0 radical (unpaired) electrons. The number of rotatable bonds is 1. The van der Waals surface area contributed by atoms with Gasteiger partial charge in [-0.25, -0.2) is 0 Å². The molecule has 0 aromatic rings. The predicted octanol–water partition coefficient (Wildman–Crippen LogP) is -0.147. The number of nitrogens with two attached hydrogens (primary N) is 1. The lowest BCUT2D eigenvalue weighted by molar-refractivity contribution is 0.220. The lowest BCUT2D eigenvalue weighted by Crippen LogP contribution is -2.51. The van der Waals surface area contributed by atoms with Crippen LogP contribution in [0.5, 0.6) is 0 Å². The Morgan fingerprint density at radius 3 is 2.86 bits per heavy atom. The summed E-state index contributed by atoms with van der Waals surface area (Å²) in [6.45, 7) is 3.30. The van der Waals surface area contributed by atoms with Crippen molar-refractivity contribution in [2.45, 2.75) is 30.8 Å². The first-order valence-electron chi connectivity index (χ1n) is 5.49. The SMILES string of the molecule is CN1C(N)=NCC12CCN(C1CC1)C2. The van der Waals surface area contributed by atoms with Gasteiger partial charge in [0.15, 0.2) is 5.96 Å². The third-order valence-corrected chi connectivity index (χ3v) is 4.02. The molecule has 3 aliphatic rings. The summed E-state index contributed by atoms with van der Waals surface area (Å²) in [5.74, 6) is 0.725. The fourth-order valence-corrected chi connectivity index (χ4v) is 2.73. The highest BCUT2D eigenvalue weighted by Crippen LogP contribution is 2.37. The third kappa shape index (κ3) is 1.06. The van der Waals surface area contributed by atoms with Gasteiger partial charge in [-0.2, -0.15) is 0 Å². The van der Waals surface area contributed by atoms with Gasteiger partial charge in [-0.05, 0) is 19.3 Å². The van der Waals surface area contributed by atoms with Gasteiger partial charge in [0, 0.05) is 26.2 Å². The molecule has 0 bridgehead atoms. The fraction of sp³-hybridized carbons (Fsp3) is 0.900. The van der Waals surface area contributed by atoms with E-state index in [1.165, 1.54) is 32.4 Å². The van der Waals surface area contributed by atoms with Crippen molar-refractivity contribution in [2.75, 3.05) is 26.7 Å². The summed E-state index contributed by atoms with van der Waals surface area (Å²) in [5, 5.41) is 0. The average molecular weight is 194 g/mol. The number of likely N-dealkylation sites (tertiary alicyclic amines) is 1. The van der Waals surface area contributed by atoms with Crippen molar-refractivity contribution in [3.8, 4) is 0 Å². The van der Waals surface area contributed by atoms with E-state index >= 15 is 0 Å². The lowest BCUT2D eigenvalue weighted by atomic mass is 9.98. The van der Waals surface area contributed by atoms with E-state index in [1.54, 1.807) is 0 Å². The van der Waals surface area contributed by atoms with Crippen LogP contribution in [0.2, 0.25) is 0 Å². The van der Waals surface area contributed by atoms with E-state index in [4.69, 9.17) is 5.73 Å². The van der Waals surface area contributed by atoms with E-state index in [1.807, 2.05) is 0 Å². The number of hydrogen-bond donors (Lipinski definition) is 1. The molecule has 1 saturated carbocycles. The van der Waals surface area contributed by atoms with Crippen molar-refractivity contribution in [2.24, 2.45) is 10.7 Å². The summed E-state index contributed by atoms with van der Waals surface area (Å²) in [7, 11) is 2.09. The molecule has 4 heteroatoms. The average Bonchev–Trinajstić information content (AvgIpc) is 2.90. The second-order valence-corrected chi connectivity index (χ2v) is 4.91. The van der Waals surface area contributed by atoms with Crippen LogP contribution in [0, 0.1) is 0 Å². The molecular weight excluding hydrogens is 176 g/mol. The highest BCUT2D eigenvalue weighted by Gasteiger charge is 2.48. The Morgan fingerprint density at radius 1 is 1.50 bits per heavy atom. The van der Waals surface area contributed by atoms with Crippen molar-refractivity contribution in [3.05, 3.63) is 0 Å². The van der Waals surface area contributed by atoms with Crippen molar-refractivity contribution < 1.29 is 0 Å². The first-order valence-corrected chi connectivity index (χ1v) is 5.49. The van der Waals surface area contributed by atoms with Crippen molar-refractivity contribution >= 4 is 5.96 Å². The number of likely N-dealkylation sites (N-methyl/N-ethyl adjacent to an activating group) is 1. The molecule has 1 saturated heterocycles. The largest absolute Gasteiger partial charge is 0.370 e. The van der Waals surface area contributed by atoms with Crippen LogP contribution in [0.15, 0.2) is 4.99 Å². The van der Waals surface area contributed by atoms with Gasteiger partial charge in [0.25, 0.3) is 0 Å². The first-order chi connectivity index (χ1) is 6.71. The second kappa shape index (κ2) is 2.63.